The summed E-state index contributed by atoms with van der Waals surface area (Å²) >= 11 is 0. The first-order chi connectivity index (χ1) is 13.8. The van der Waals surface area contributed by atoms with Crippen molar-refractivity contribution in [1.29, 1.82) is 0 Å². The molecule has 1 amide bonds. The Kier molecular flexibility index (Phi) is 6.03. The molecule has 3 aromatic rings. The highest BCUT2D eigenvalue weighted by Gasteiger charge is 2.21. The third-order valence-electron chi connectivity index (χ3n) is 4.66. The van der Waals surface area contributed by atoms with Gasteiger partial charge in [-0.25, -0.2) is 13.1 Å². The molecule has 0 aromatic heterocycles. The second-order valence-corrected chi connectivity index (χ2v) is 8.59. The van der Waals surface area contributed by atoms with Crippen molar-refractivity contribution < 1.29 is 17.9 Å². The molecule has 0 unspecified atom stereocenters. The zero-order valence-corrected chi connectivity index (χ0v) is 17.4. The van der Waals surface area contributed by atoms with Gasteiger partial charge >= 0.3 is 0 Å². The number of sulfonamides is 1. The zero-order chi connectivity index (χ0) is 21.0. The average Bonchev–Trinajstić information content (AvgIpc) is 2.69. The summed E-state index contributed by atoms with van der Waals surface area (Å²) in [5, 5.41) is 0. The molecule has 0 aliphatic heterocycles. The molecular weight excluding hydrogens is 386 g/mol. The lowest BCUT2D eigenvalue weighted by molar-refractivity contribution is 0.0982. The summed E-state index contributed by atoms with van der Waals surface area (Å²) in [6.45, 7) is 3.80. The molecule has 0 aliphatic carbocycles. The number of hydrogen-bond acceptors (Lipinski definition) is 4. The molecule has 0 saturated carbocycles. The van der Waals surface area contributed by atoms with Crippen LogP contribution in [-0.4, -0.2) is 21.4 Å². The third kappa shape index (κ3) is 4.84. The van der Waals surface area contributed by atoms with Gasteiger partial charge in [-0.15, -0.1) is 0 Å². The molecule has 1 N–H and O–H groups in total. The van der Waals surface area contributed by atoms with E-state index in [0.717, 1.165) is 11.1 Å². The Bertz CT molecular complexity index is 1150. The maximum Gasteiger partial charge on any atom is 0.265 e. The molecule has 150 valence electrons. The first-order valence-corrected chi connectivity index (χ1v) is 10.8. The number of aryl methyl sites for hydroxylation is 2. The predicted molar refractivity (Wildman–Crippen MR) is 114 cm³/mol. The van der Waals surface area contributed by atoms with Crippen molar-refractivity contribution in [2.24, 2.45) is 0 Å². The van der Waals surface area contributed by atoms with E-state index in [0.29, 0.717) is 22.4 Å². The number of para-hydroxylation sites is 1. The number of benzene rings is 3. The molecule has 0 spiro atoms. The number of methoxy groups -OCH3 is 1. The number of nitrogens with one attached hydrogen (secondary N) is 1. The smallest absolute Gasteiger partial charge is 0.265 e. The van der Waals surface area contributed by atoms with Crippen molar-refractivity contribution in [3.63, 3.8) is 0 Å². The summed E-state index contributed by atoms with van der Waals surface area (Å²) in [5.41, 5.74) is 4.17. The maximum absolute atomic E-state index is 12.9. The predicted octanol–water partition coefficient (Wildman–Crippen LogP) is 4.24. The second-order valence-electron chi connectivity index (χ2n) is 6.87. The van der Waals surface area contributed by atoms with Crippen LogP contribution in [0.15, 0.2) is 66.7 Å². The fourth-order valence-electron chi connectivity index (χ4n) is 3.23. The number of rotatable bonds is 6. The van der Waals surface area contributed by atoms with E-state index in [2.05, 4.69) is 4.72 Å². The molecule has 6 heteroatoms. The lowest BCUT2D eigenvalue weighted by Gasteiger charge is -2.14. The van der Waals surface area contributed by atoms with Crippen LogP contribution in [0.3, 0.4) is 0 Å². The first-order valence-electron chi connectivity index (χ1n) is 9.14. The Labute approximate surface area is 171 Å². The second kappa shape index (κ2) is 8.49. The van der Waals surface area contributed by atoms with Gasteiger partial charge in [0.15, 0.2) is 0 Å². The van der Waals surface area contributed by atoms with Crippen LogP contribution in [0.1, 0.15) is 27.0 Å². The molecule has 3 aromatic carbocycles. The lowest BCUT2D eigenvalue weighted by atomic mass is 9.98. The van der Waals surface area contributed by atoms with Crippen molar-refractivity contribution in [3.05, 3.63) is 89.0 Å². The standard InChI is InChI=1S/C23H23NO4S/c1-16-12-13-18(17(2)14-16)15-29(26,27)24-23(25)21-10-5-4-8-19(21)20-9-6-7-11-22(20)28-3/h4-14H,15H2,1-3H3,(H,24,25). The number of ether oxygens (including phenoxy) is 1. The Morgan fingerprint density at radius 1 is 0.931 bits per heavy atom. The molecule has 0 fully saturated rings. The van der Waals surface area contributed by atoms with Gasteiger partial charge in [0.25, 0.3) is 5.91 Å². The molecule has 0 heterocycles. The highest BCUT2D eigenvalue weighted by molar-refractivity contribution is 7.89. The summed E-state index contributed by atoms with van der Waals surface area (Å²) in [7, 11) is -2.31. The van der Waals surface area contributed by atoms with E-state index >= 15 is 0 Å². The van der Waals surface area contributed by atoms with Crippen LogP contribution >= 0.6 is 0 Å². The van der Waals surface area contributed by atoms with Gasteiger partial charge in [0.1, 0.15) is 5.75 Å². The van der Waals surface area contributed by atoms with Crippen LogP contribution in [0.25, 0.3) is 11.1 Å². The van der Waals surface area contributed by atoms with Gasteiger partial charge < -0.3 is 4.74 Å². The van der Waals surface area contributed by atoms with Gasteiger partial charge in [0.2, 0.25) is 10.0 Å². The van der Waals surface area contributed by atoms with E-state index in [9.17, 15) is 13.2 Å². The van der Waals surface area contributed by atoms with E-state index in [1.54, 1.807) is 43.5 Å². The monoisotopic (exact) mass is 409 g/mol. The average molecular weight is 410 g/mol. The van der Waals surface area contributed by atoms with E-state index in [-0.39, 0.29) is 11.3 Å². The van der Waals surface area contributed by atoms with E-state index < -0.39 is 15.9 Å². The lowest BCUT2D eigenvalue weighted by Crippen LogP contribution is -2.32. The molecule has 0 saturated heterocycles. The minimum absolute atomic E-state index is 0.262. The van der Waals surface area contributed by atoms with Gasteiger partial charge in [0.05, 0.1) is 12.9 Å². The van der Waals surface area contributed by atoms with E-state index in [4.69, 9.17) is 4.74 Å². The fraction of sp³-hybridized carbons (Fsp3) is 0.174. The van der Waals surface area contributed by atoms with Gasteiger partial charge in [-0.2, -0.15) is 0 Å². The van der Waals surface area contributed by atoms with Crippen LogP contribution in [0.2, 0.25) is 0 Å². The highest BCUT2D eigenvalue weighted by Crippen LogP contribution is 2.32. The summed E-state index contributed by atoms with van der Waals surface area (Å²) in [5.74, 6) is -0.330. The molecule has 5 nitrogen and oxygen atoms in total. The number of amides is 1. The summed E-state index contributed by atoms with van der Waals surface area (Å²) in [6.07, 6.45) is 0. The summed E-state index contributed by atoms with van der Waals surface area (Å²) in [4.78, 5) is 12.9. The van der Waals surface area contributed by atoms with Gasteiger partial charge in [0, 0.05) is 11.1 Å². The zero-order valence-electron chi connectivity index (χ0n) is 16.6. The Morgan fingerprint density at radius 2 is 1.59 bits per heavy atom. The summed E-state index contributed by atoms with van der Waals surface area (Å²) in [6, 6.07) is 19.7. The van der Waals surface area contributed by atoms with Crippen LogP contribution in [-0.2, 0) is 15.8 Å². The molecule has 3 rings (SSSR count). The van der Waals surface area contributed by atoms with Gasteiger partial charge in [-0.1, -0.05) is 60.2 Å². The molecule has 0 aliphatic rings. The van der Waals surface area contributed by atoms with Crippen molar-refractivity contribution in [1.82, 2.24) is 4.72 Å². The Hall–Kier alpha value is -3.12. The van der Waals surface area contributed by atoms with Crippen LogP contribution < -0.4 is 9.46 Å². The first kappa shape index (κ1) is 20.6. The van der Waals surface area contributed by atoms with Crippen molar-refractivity contribution in [2.45, 2.75) is 19.6 Å². The van der Waals surface area contributed by atoms with E-state index in [1.807, 2.05) is 44.2 Å². The minimum atomic E-state index is -3.86. The van der Waals surface area contributed by atoms with Crippen LogP contribution in [0.4, 0.5) is 0 Å². The number of hydrogen-bond donors (Lipinski definition) is 1. The normalized spacial score (nSPS) is 11.1. The van der Waals surface area contributed by atoms with Crippen molar-refractivity contribution in [3.8, 4) is 16.9 Å². The largest absolute Gasteiger partial charge is 0.496 e. The molecule has 29 heavy (non-hydrogen) atoms. The van der Waals surface area contributed by atoms with E-state index in [1.165, 1.54) is 0 Å². The molecule has 0 radical (unpaired) electrons. The third-order valence-corrected chi connectivity index (χ3v) is 5.85. The number of carbonyl (C=O) groups excluding carboxylic acids is 1. The van der Waals surface area contributed by atoms with Crippen LogP contribution in [0, 0.1) is 13.8 Å². The topological polar surface area (TPSA) is 72.5 Å². The van der Waals surface area contributed by atoms with Crippen molar-refractivity contribution in [2.75, 3.05) is 7.11 Å². The summed E-state index contributed by atoms with van der Waals surface area (Å²) < 4.78 is 32.9. The molecule has 0 bridgehead atoms. The quantitative estimate of drug-likeness (QED) is 0.661. The Morgan fingerprint density at radius 3 is 2.28 bits per heavy atom. The van der Waals surface area contributed by atoms with Crippen LogP contribution in [0.5, 0.6) is 5.75 Å². The SMILES string of the molecule is COc1ccccc1-c1ccccc1C(=O)NS(=O)(=O)Cc1ccc(C)cc1C. The number of carbonyl (C=O) groups is 1. The Balaban J connectivity index is 1.90. The van der Waals surface area contributed by atoms with Gasteiger partial charge in [-0.3, -0.25) is 4.79 Å². The fourth-order valence-corrected chi connectivity index (χ4v) is 4.43. The maximum atomic E-state index is 12.9. The van der Waals surface area contributed by atoms with Crippen molar-refractivity contribution >= 4 is 15.9 Å². The molecule has 0 atom stereocenters. The highest BCUT2D eigenvalue weighted by atomic mass is 32.2. The van der Waals surface area contributed by atoms with Gasteiger partial charge in [-0.05, 0) is 42.7 Å². The minimum Gasteiger partial charge on any atom is -0.496 e. The molecular formula is C23H23NO4S.